The van der Waals surface area contributed by atoms with Crippen molar-refractivity contribution in [2.45, 2.75) is 137 Å². The average molecular weight is 1220 g/mol. The lowest BCUT2D eigenvalue weighted by atomic mass is 10.1. The molecule has 0 bridgehead atoms. The Morgan fingerprint density at radius 3 is 1.46 bits per heavy atom. The van der Waals surface area contributed by atoms with Gasteiger partial charge in [-0.15, -0.1) is 37.5 Å². The summed E-state index contributed by atoms with van der Waals surface area (Å²) in [4.78, 5) is 143. The van der Waals surface area contributed by atoms with Gasteiger partial charge in [0.1, 0.15) is 36.1 Å². The molecule has 2 fully saturated rings. The number of carbonyl (C=O) groups excluding carboxylic acids is 8. The summed E-state index contributed by atoms with van der Waals surface area (Å²) in [5.74, 6) is 0.227. The maximum absolute atomic E-state index is 12.5. The Labute approximate surface area is 492 Å². The third kappa shape index (κ3) is 23.7. The smallest absolute Gasteiger partial charge is 0.322 e. The molecule has 29 nitrogen and oxygen atoms in total. The van der Waals surface area contributed by atoms with E-state index in [-0.39, 0.29) is 100 Å². The number of aliphatic hydroxyl groups is 4. The number of carboxylic acids is 4. The molecule has 4 rings (SSSR count). The quantitative estimate of drug-likeness (QED) is 0.0347. The van der Waals surface area contributed by atoms with Crippen LogP contribution >= 0.6 is 23.5 Å². The van der Waals surface area contributed by atoms with E-state index in [1.807, 2.05) is 0 Å². The molecule has 7 amide bonds. The second-order valence-corrected chi connectivity index (χ2v) is 21.9. The fraction of sp³-hybridized carbons (Fsp3) is 0.547. The lowest BCUT2D eigenvalue weighted by Gasteiger charge is -2.33. The third-order valence-electron chi connectivity index (χ3n) is 12.5. The Morgan fingerprint density at radius 1 is 0.631 bits per heavy atom. The zero-order chi connectivity index (χ0) is 64.5. The molecule has 0 spiro atoms. The van der Waals surface area contributed by atoms with E-state index in [2.05, 4.69) is 39.6 Å². The molecule has 0 saturated carbocycles. The summed E-state index contributed by atoms with van der Waals surface area (Å²) < 4.78 is 0. The molecule has 4 aliphatic heterocycles. The van der Waals surface area contributed by atoms with Gasteiger partial charge in [-0.25, -0.2) is 0 Å². The summed E-state index contributed by atoms with van der Waals surface area (Å²) in [5, 5.41) is 80.8. The van der Waals surface area contributed by atoms with Crippen LogP contribution in [0, 0.1) is 49.4 Å². The van der Waals surface area contributed by atoms with Crippen molar-refractivity contribution in [2.24, 2.45) is 11.5 Å². The monoisotopic (exact) mass is 1220 g/mol. The van der Waals surface area contributed by atoms with Gasteiger partial charge in [-0.1, -0.05) is 23.7 Å². The third-order valence-corrected chi connectivity index (χ3v) is 15.4. The predicted molar refractivity (Wildman–Crippen MR) is 301 cm³/mol. The van der Waals surface area contributed by atoms with Gasteiger partial charge in [-0.3, -0.25) is 67.3 Å². The summed E-state index contributed by atoms with van der Waals surface area (Å²) in [6.07, 6.45) is 24.4. The Kier molecular flexibility index (Phi) is 29.9. The van der Waals surface area contributed by atoms with Gasteiger partial charge in [-0.2, -0.15) is 11.8 Å². The van der Waals surface area contributed by atoms with Crippen molar-refractivity contribution in [3.8, 4) is 49.4 Å². The number of nitrogens with one attached hydrogen (secondary N) is 3. The Hall–Kier alpha value is -7.98. The lowest BCUT2D eigenvalue weighted by Crippen LogP contribution is -2.50. The van der Waals surface area contributed by atoms with Crippen molar-refractivity contribution in [3.63, 3.8) is 0 Å². The van der Waals surface area contributed by atoms with Gasteiger partial charge >= 0.3 is 23.9 Å². The van der Waals surface area contributed by atoms with Gasteiger partial charge in [0.05, 0.1) is 49.1 Å². The van der Waals surface area contributed by atoms with Crippen molar-refractivity contribution in [1.29, 1.82) is 0 Å². The van der Waals surface area contributed by atoms with Gasteiger partial charge in [0.2, 0.25) is 41.4 Å². The normalized spacial score (nSPS) is 24.2. The minimum absolute atomic E-state index is 0.0171. The molecule has 4 heterocycles. The molecule has 0 aliphatic carbocycles. The topological polar surface area (TPSA) is 468 Å². The van der Waals surface area contributed by atoms with E-state index in [0.717, 1.165) is 33.3 Å². The number of nitrogens with two attached hydrogens (primary N) is 2. The molecule has 4 aliphatic rings. The van der Waals surface area contributed by atoms with Crippen molar-refractivity contribution in [3.05, 3.63) is 24.3 Å². The minimum Gasteiger partial charge on any atom is -0.481 e. The molecule has 31 heteroatoms. The number of nitrogens with zero attached hydrogens (tertiary/aromatic N) is 4. The molecule has 10 atom stereocenters. The first kappa shape index (κ1) is 74.0. The van der Waals surface area contributed by atoms with Crippen LogP contribution in [0.2, 0.25) is 0 Å². The summed E-state index contributed by atoms with van der Waals surface area (Å²) in [6.45, 7) is 5.34. The summed E-state index contributed by atoms with van der Waals surface area (Å²) in [6, 6.07) is -4.76. The van der Waals surface area contributed by atoms with Gasteiger partial charge in [-0.05, 0) is 52.7 Å². The van der Waals surface area contributed by atoms with E-state index in [1.54, 1.807) is 0 Å². The fourth-order valence-electron chi connectivity index (χ4n) is 7.66. The Morgan fingerprint density at radius 2 is 1.06 bits per heavy atom. The molecule has 0 aromatic heterocycles. The van der Waals surface area contributed by atoms with E-state index in [0.29, 0.717) is 0 Å². The first-order valence-electron chi connectivity index (χ1n) is 25.2. The van der Waals surface area contributed by atoms with Crippen LogP contribution in [0.3, 0.4) is 0 Å². The molecule has 0 radical (unpaired) electrons. The Bertz CT molecular complexity index is 2640. The molecule has 6 unspecified atom stereocenters. The van der Waals surface area contributed by atoms with E-state index < -0.39 is 124 Å². The number of hydrogen-bond acceptors (Lipinski definition) is 20. The number of hydrogen-bond donors (Lipinski definition) is 13. The number of carboxylic acid groups (broad SMARTS) is 4. The predicted octanol–water partition coefficient (Wildman–Crippen LogP) is -4.23. The van der Waals surface area contributed by atoms with Gasteiger partial charge in [0, 0.05) is 55.8 Å². The van der Waals surface area contributed by atoms with Crippen LogP contribution in [-0.4, -0.2) is 233 Å². The zero-order valence-electron chi connectivity index (χ0n) is 46.4. The molecule has 0 aromatic rings. The first-order chi connectivity index (χ1) is 38.9. The van der Waals surface area contributed by atoms with Crippen LogP contribution in [0.5, 0.6) is 0 Å². The molecule has 84 heavy (non-hydrogen) atoms. The molecular formula is C53H71N9O20S2. The largest absolute Gasteiger partial charge is 0.481 e. The number of aliphatic carboxylic acids is 4. The van der Waals surface area contributed by atoms with Gasteiger partial charge in [0.25, 0.3) is 0 Å². The highest BCUT2D eigenvalue weighted by molar-refractivity contribution is 8.00. The second-order valence-electron chi connectivity index (χ2n) is 19.5. The van der Waals surface area contributed by atoms with Crippen LogP contribution < -0.4 is 27.4 Å². The summed E-state index contributed by atoms with van der Waals surface area (Å²) in [7, 11) is 0. The van der Waals surface area contributed by atoms with E-state index in [9.17, 15) is 78.0 Å². The van der Waals surface area contributed by atoms with E-state index in [4.69, 9.17) is 57.6 Å². The number of rotatable bonds is 27. The number of amides is 7. The Balaban J connectivity index is 0.000000618. The number of carbonyl (C=O) groups is 12. The zero-order valence-corrected chi connectivity index (χ0v) is 48.1. The molecule has 15 N–H and O–H groups in total. The molecule has 2 saturated heterocycles. The standard InChI is InChI=1S/C19H27N3O8S.C18H26N4O8S.2C8H9NO2/c1-3-8-22-16(25)9-14(19(22,2)30)31-10-12(13(23)5-7-17(26)27)21-15(24)6-4-11(20)18(28)29;1-3-6-22-16(27)12(7-18(22,2)30)31-9-11(15(26)20-8-14(24)25)21-13(23)5-4-10(19)17(28)29;2*1-3-6-9-7(10)4-5-8(9,2)11/h1,11-12,14,30H,4-10,20H2,2H3,(H,21,24)(H,26,27)(H,28,29);1,10-12,30H,4-9,19H2,2H3,(H,20,26)(H,21,23)(H,24,25)(H,28,29);2*1,4-5,11H,6H2,2H3/t11-,12-,14?,19?;10-,11-,12?,18?;;/m00../s1. The van der Waals surface area contributed by atoms with Crippen molar-refractivity contribution in [1.82, 2.24) is 35.6 Å². The fourth-order valence-corrected chi connectivity index (χ4v) is 10.4. The average Bonchev–Trinajstić information content (AvgIpc) is 3.76. The van der Waals surface area contributed by atoms with E-state index in [1.165, 1.54) is 61.8 Å². The van der Waals surface area contributed by atoms with Gasteiger partial charge < -0.3 is 78.1 Å². The van der Waals surface area contributed by atoms with Crippen LogP contribution in [0.15, 0.2) is 24.3 Å². The van der Waals surface area contributed by atoms with Crippen LogP contribution in [0.1, 0.15) is 79.1 Å². The maximum Gasteiger partial charge on any atom is 0.322 e. The first-order valence-corrected chi connectivity index (χ1v) is 27.3. The molecular weight excluding hydrogens is 1150 g/mol. The number of likely N-dealkylation sites (tertiary alicyclic amines) is 2. The summed E-state index contributed by atoms with van der Waals surface area (Å²) >= 11 is 2.09. The lowest BCUT2D eigenvalue weighted by molar-refractivity contribution is -0.141. The van der Waals surface area contributed by atoms with Crippen LogP contribution in [0.4, 0.5) is 0 Å². The molecule has 0 aromatic carbocycles. The van der Waals surface area contributed by atoms with Gasteiger partial charge in [0.15, 0.2) is 17.2 Å². The van der Waals surface area contributed by atoms with Crippen LogP contribution in [0.25, 0.3) is 0 Å². The summed E-state index contributed by atoms with van der Waals surface area (Å²) in [5.41, 5.74) is 5.29. The highest BCUT2D eigenvalue weighted by atomic mass is 32.2. The van der Waals surface area contributed by atoms with Crippen molar-refractivity contribution < 1.29 is 98.4 Å². The number of ketones is 1. The number of Topliss-reactive ketones (excluding diaryl/α,β-unsaturated/α-hetero) is 1. The minimum atomic E-state index is -1.55. The van der Waals surface area contributed by atoms with Crippen molar-refractivity contribution >= 4 is 94.5 Å². The highest BCUT2D eigenvalue weighted by Gasteiger charge is 2.49. The second kappa shape index (κ2) is 34.0. The molecule has 460 valence electrons. The number of thioether (sulfide) groups is 2. The van der Waals surface area contributed by atoms with E-state index >= 15 is 0 Å². The van der Waals surface area contributed by atoms with Crippen molar-refractivity contribution in [2.75, 3.05) is 44.2 Å². The number of terminal acetylenes is 4. The SMILES string of the molecule is C#CCN1C(=O)C(SC[C@H](NC(=O)CC[C@H](N)C(=O)O)C(=O)NCC(=O)O)CC1(C)O.C#CCN1C(=O)C=CC1(C)O.C#CCN1C(=O)C=CC1(C)O.C#CCN1C(=O)CC(SC[C@H](NC(=O)CC[C@H](N)C(=O)O)C(=O)CCC(=O)O)C1(C)O. The van der Waals surface area contributed by atoms with Crippen LogP contribution in [-0.2, 0) is 57.5 Å². The highest BCUT2D eigenvalue weighted by Crippen LogP contribution is 2.37. The maximum atomic E-state index is 12.5.